The zero-order valence-electron chi connectivity index (χ0n) is 11.7. The predicted octanol–water partition coefficient (Wildman–Crippen LogP) is 1.83. The standard InChI is InChI=1S/C11H17N3O4S2.ClH/c1-11(2)7-13(6-5-8(11)12)20(17,18)10-4-3-9(19-10)14(15)16;/h3-4,8H,5-7,12H2,1-2H3;1H. The molecule has 1 aromatic heterocycles. The molecule has 1 fully saturated rings. The van der Waals surface area contributed by atoms with Gasteiger partial charge in [-0.15, -0.1) is 12.4 Å². The van der Waals surface area contributed by atoms with Crippen LogP contribution in [0.25, 0.3) is 0 Å². The molecular formula is C11H18ClN3O4S2. The van der Waals surface area contributed by atoms with Crippen LogP contribution in [-0.4, -0.2) is 36.8 Å². The van der Waals surface area contributed by atoms with E-state index in [4.69, 9.17) is 5.73 Å². The first-order valence-electron chi connectivity index (χ1n) is 6.14. The third-order valence-corrected chi connectivity index (χ3v) is 6.97. The molecule has 2 heterocycles. The highest BCUT2D eigenvalue weighted by molar-refractivity contribution is 7.91. The number of piperidine rings is 1. The van der Waals surface area contributed by atoms with Crippen LogP contribution in [0.4, 0.5) is 5.00 Å². The Labute approximate surface area is 133 Å². The Bertz CT molecular complexity index is 629. The molecule has 1 atom stereocenters. The molecule has 120 valence electrons. The summed E-state index contributed by atoms with van der Waals surface area (Å²) in [6, 6.07) is 2.46. The summed E-state index contributed by atoms with van der Waals surface area (Å²) in [6.07, 6.45) is 0.583. The lowest BCUT2D eigenvalue weighted by molar-refractivity contribution is -0.380. The lowest BCUT2D eigenvalue weighted by atomic mass is 9.81. The average Bonchev–Trinajstić information content (AvgIpc) is 2.82. The van der Waals surface area contributed by atoms with Crippen LogP contribution in [0.15, 0.2) is 16.3 Å². The van der Waals surface area contributed by atoms with E-state index >= 15 is 0 Å². The van der Waals surface area contributed by atoms with E-state index in [-0.39, 0.29) is 33.1 Å². The van der Waals surface area contributed by atoms with Crippen LogP contribution in [0, 0.1) is 15.5 Å². The zero-order chi connectivity index (χ0) is 15.1. The molecule has 2 rings (SSSR count). The number of sulfonamides is 1. The second-order valence-electron chi connectivity index (χ2n) is 5.57. The molecular weight excluding hydrogens is 338 g/mol. The van der Waals surface area contributed by atoms with Gasteiger partial charge in [-0.25, -0.2) is 8.42 Å². The maximum Gasteiger partial charge on any atom is 0.325 e. The van der Waals surface area contributed by atoms with E-state index < -0.39 is 14.9 Å². The molecule has 1 saturated heterocycles. The molecule has 0 bridgehead atoms. The summed E-state index contributed by atoms with van der Waals surface area (Å²) in [7, 11) is -3.68. The Hall–Kier alpha value is -0.740. The van der Waals surface area contributed by atoms with Gasteiger partial charge in [0.1, 0.15) is 4.21 Å². The smallest absolute Gasteiger partial charge is 0.325 e. The molecule has 1 aliphatic heterocycles. The summed E-state index contributed by atoms with van der Waals surface area (Å²) in [5, 5.41) is 10.5. The quantitative estimate of drug-likeness (QED) is 0.657. The Morgan fingerprint density at radius 3 is 2.57 bits per heavy atom. The summed E-state index contributed by atoms with van der Waals surface area (Å²) in [5.74, 6) is 0. The molecule has 0 saturated carbocycles. The molecule has 21 heavy (non-hydrogen) atoms. The van der Waals surface area contributed by atoms with E-state index in [9.17, 15) is 18.5 Å². The molecule has 1 aliphatic rings. The van der Waals surface area contributed by atoms with E-state index in [0.29, 0.717) is 30.8 Å². The van der Waals surface area contributed by atoms with Crippen molar-refractivity contribution in [2.45, 2.75) is 30.5 Å². The minimum absolute atomic E-state index is 0. The van der Waals surface area contributed by atoms with Gasteiger partial charge in [0.05, 0.1) is 4.92 Å². The SMILES string of the molecule is CC1(C)CN(S(=O)(=O)c2ccc([N+](=O)[O-])s2)CCC1N.Cl. The molecule has 7 nitrogen and oxygen atoms in total. The first-order chi connectivity index (χ1) is 9.14. The molecule has 0 aromatic carbocycles. The second kappa shape index (κ2) is 6.17. The zero-order valence-corrected chi connectivity index (χ0v) is 14.1. The van der Waals surface area contributed by atoms with Gasteiger partial charge in [0.2, 0.25) is 0 Å². The van der Waals surface area contributed by atoms with E-state index in [2.05, 4.69) is 0 Å². The molecule has 1 unspecified atom stereocenters. The number of nitro groups is 1. The summed E-state index contributed by atoms with van der Waals surface area (Å²) in [5.41, 5.74) is 5.68. The lowest BCUT2D eigenvalue weighted by Gasteiger charge is -2.41. The van der Waals surface area contributed by atoms with E-state index in [0.717, 1.165) is 0 Å². The van der Waals surface area contributed by atoms with Crippen LogP contribution in [0.2, 0.25) is 0 Å². The normalized spacial score (nSPS) is 22.5. The van der Waals surface area contributed by atoms with Crippen molar-refractivity contribution in [3.05, 3.63) is 22.2 Å². The van der Waals surface area contributed by atoms with E-state index in [1.807, 2.05) is 13.8 Å². The summed E-state index contributed by atoms with van der Waals surface area (Å²) < 4.78 is 26.4. The van der Waals surface area contributed by atoms with Gasteiger partial charge in [0.15, 0.2) is 0 Å². The number of nitrogens with zero attached hydrogens (tertiary/aromatic N) is 2. The molecule has 0 radical (unpaired) electrons. The summed E-state index contributed by atoms with van der Waals surface area (Å²) in [4.78, 5) is 10.1. The number of nitrogens with two attached hydrogens (primary N) is 1. The molecule has 2 N–H and O–H groups in total. The van der Waals surface area contributed by atoms with Crippen molar-refractivity contribution >= 4 is 38.8 Å². The van der Waals surface area contributed by atoms with Crippen molar-refractivity contribution in [1.29, 1.82) is 0 Å². The maximum atomic E-state index is 12.5. The van der Waals surface area contributed by atoms with Crippen molar-refractivity contribution < 1.29 is 13.3 Å². The van der Waals surface area contributed by atoms with Gasteiger partial charge in [0.25, 0.3) is 10.0 Å². The highest BCUT2D eigenvalue weighted by atomic mass is 35.5. The maximum absolute atomic E-state index is 12.5. The van der Waals surface area contributed by atoms with Gasteiger partial charge < -0.3 is 5.73 Å². The third kappa shape index (κ3) is 3.54. The number of halogens is 1. The molecule has 0 amide bonds. The van der Waals surface area contributed by atoms with E-state index in [1.54, 1.807) is 0 Å². The van der Waals surface area contributed by atoms with Gasteiger partial charge in [-0.1, -0.05) is 13.8 Å². The Kier molecular flexibility index (Phi) is 5.38. The number of hydrogen-bond acceptors (Lipinski definition) is 6. The number of thiophene rings is 1. The fraction of sp³-hybridized carbons (Fsp3) is 0.636. The average molecular weight is 356 g/mol. The third-order valence-electron chi connectivity index (χ3n) is 3.62. The Morgan fingerprint density at radius 2 is 2.10 bits per heavy atom. The van der Waals surface area contributed by atoms with Gasteiger partial charge >= 0.3 is 5.00 Å². The largest absolute Gasteiger partial charge is 0.327 e. The molecule has 0 aliphatic carbocycles. The fourth-order valence-electron chi connectivity index (χ4n) is 2.20. The molecule has 1 aromatic rings. The van der Waals surface area contributed by atoms with Gasteiger partial charge in [-0.05, 0) is 29.2 Å². The van der Waals surface area contributed by atoms with Gasteiger partial charge in [-0.2, -0.15) is 4.31 Å². The highest BCUT2D eigenvalue weighted by Gasteiger charge is 2.39. The van der Waals surface area contributed by atoms with Gasteiger partial charge in [-0.3, -0.25) is 10.1 Å². The number of hydrogen-bond donors (Lipinski definition) is 1. The molecule has 0 spiro atoms. The molecule has 10 heteroatoms. The van der Waals surface area contributed by atoms with E-state index in [1.165, 1.54) is 16.4 Å². The fourth-order valence-corrected chi connectivity index (χ4v) is 5.09. The summed E-state index contributed by atoms with van der Waals surface area (Å²) >= 11 is 0.683. The number of rotatable bonds is 3. The minimum Gasteiger partial charge on any atom is -0.327 e. The van der Waals surface area contributed by atoms with Gasteiger partial charge in [0, 0.05) is 25.2 Å². The topological polar surface area (TPSA) is 107 Å². The Morgan fingerprint density at radius 1 is 1.48 bits per heavy atom. The Balaban J connectivity index is 0.00000220. The first kappa shape index (κ1) is 18.3. The lowest BCUT2D eigenvalue weighted by Crippen LogP contribution is -2.53. The van der Waals surface area contributed by atoms with Crippen molar-refractivity contribution in [3.63, 3.8) is 0 Å². The van der Waals surface area contributed by atoms with Crippen LogP contribution in [-0.2, 0) is 10.0 Å². The van der Waals surface area contributed by atoms with Crippen LogP contribution in [0.3, 0.4) is 0 Å². The minimum atomic E-state index is -3.68. The first-order valence-corrected chi connectivity index (χ1v) is 8.40. The second-order valence-corrected chi connectivity index (χ2v) is 8.80. The van der Waals surface area contributed by atoms with Crippen LogP contribution in [0.5, 0.6) is 0 Å². The van der Waals surface area contributed by atoms with Crippen LogP contribution in [0.1, 0.15) is 20.3 Å². The van der Waals surface area contributed by atoms with Crippen molar-refractivity contribution in [1.82, 2.24) is 4.31 Å². The highest BCUT2D eigenvalue weighted by Crippen LogP contribution is 2.34. The monoisotopic (exact) mass is 355 g/mol. The van der Waals surface area contributed by atoms with Crippen molar-refractivity contribution in [2.24, 2.45) is 11.1 Å². The van der Waals surface area contributed by atoms with Crippen molar-refractivity contribution in [2.75, 3.05) is 13.1 Å². The van der Waals surface area contributed by atoms with Crippen LogP contribution < -0.4 is 5.73 Å². The van der Waals surface area contributed by atoms with Crippen molar-refractivity contribution in [3.8, 4) is 0 Å². The predicted molar refractivity (Wildman–Crippen MR) is 83.4 cm³/mol. The summed E-state index contributed by atoms with van der Waals surface area (Å²) in [6.45, 7) is 4.52. The van der Waals surface area contributed by atoms with Crippen LogP contribution >= 0.6 is 23.7 Å².